The molecule has 1 nitrogen and oxygen atoms in total. The first-order valence-electron chi connectivity index (χ1n) is 13.6. The third-order valence-electron chi connectivity index (χ3n) is 7.85. The molecule has 1 aromatic heterocycles. The van der Waals surface area contributed by atoms with Crippen LogP contribution in [0, 0.1) is 0 Å². The zero-order chi connectivity index (χ0) is 26.6. The largest absolute Gasteiger partial charge is 0.456 e. The second-order valence-electron chi connectivity index (χ2n) is 11.5. The average Bonchev–Trinajstić information content (AvgIpc) is 3.34. The van der Waals surface area contributed by atoms with Crippen LogP contribution in [0.5, 0.6) is 0 Å². The summed E-state index contributed by atoms with van der Waals surface area (Å²) in [5.74, 6) is 0. The van der Waals surface area contributed by atoms with Crippen molar-refractivity contribution < 1.29 is 4.42 Å². The number of rotatable bonds is 4. The quantitative estimate of drug-likeness (QED) is 0.211. The molecule has 39 heavy (non-hydrogen) atoms. The molecule has 0 atom stereocenters. The summed E-state index contributed by atoms with van der Waals surface area (Å²) < 4.78 is 6.01. The minimum Gasteiger partial charge on any atom is -0.456 e. The minimum atomic E-state index is -1.28. The molecule has 1 heterocycles. The minimum absolute atomic E-state index is 0.930. The van der Waals surface area contributed by atoms with E-state index in [0.29, 0.717) is 0 Å². The Morgan fingerprint density at radius 3 is 1.46 bits per heavy atom. The molecule has 0 saturated heterocycles. The molecule has 0 bridgehead atoms. The lowest BCUT2D eigenvalue weighted by molar-refractivity contribution is 0.669. The highest BCUT2D eigenvalue weighted by Crippen LogP contribution is 2.34. The molecule has 0 saturated carbocycles. The highest BCUT2D eigenvalue weighted by atomic mass is 28.3. The first-order valence-corrected chi connectivity index (χ1v) is 17.1. The molecule has 0 amide bonds. The molecule has 2 heteroatoms. The van der Waals surface area contributed by atoms with E-state index in [9.17, 15) is 0 Å². The summed E-state index contributed by atoms with van der Waals surface area (Å²) in [5.41, 5.74) is 9.27. The number of para-hydroxylation sites is 1. The van der Waals surface area contributed by atoms with Gasteiger partial charge in [-0.15, -0.1) is 0 Å². The number of benzene rings is 6. The van der Waals surface area contributed by atoms with Crippen molar-refractivity contribution in [1.82, 2.24) is 0 Å². The van der Waals surface area contributed by atoms with Crippen molar-refractivity contribution in [3.63, 3.8) is 0 Å². The second-order valence-corrected chi connectivity index (χ2v) is 16.6. The molecule has 0 unspecified atom stereocenters. The summed E-state index contributed by atoms with van der Waals surface area (Å²) in [4.78, 5) is 0. The van der Waals surface area contributed by atoms with Crippen molar-refractivity contribution in [2.75, 3.05) is 0 Å². The van der Waals surface area contributed by atoms with Crippen LogP contribution in [0.25, 0.3) is 66.1 Å². The Morgan fingerprint density at radius 1 is 0.410 bits per heavy atom. The predicted molar refractivity (Wildman–Crippen MR) is 171 cm³/mol. The van der Waals surface area contributed by atoms with Crippen LogP contribution >= 0.6 is 0 Å². The summed E-state index contributed by atoms with van der Waals surface area (Å²) in [7, 11) is -1.28. The first kappa shape index (κ1) is 23.7. The monoisotopic (exact) mass is 518 g/mol. The molecular formula is C37H30OSi. The van der Waals surface area contributed by atoms with Crippen molar-refractivity contribution in [1.29, 1.82) is 0 Å². The SMILES string of the molecule is C[Si](C)(C)c1ccc(-c2ccc3cc(-c4ccc(-c5ccc6oc7ccccc7c6c5)cc4)ccc3c2)cc1. The Labute approximate surface area is 230 Å². The number of fused-ring (bicyclic) bond motifs is 4. The highest BCUT2D eigenvalue weighted by Gasteiger charge is 2.16. The third kappa shape index (κ3) is 4.37. The Bertz CT molecular complexity index is 1970. The molecular weight excluding hydrogens is 488 g/mol. The second kappa shape index (κ2) is 9.11. The van der Waals surface area contributed by atoms with Gasteiger partial charge in [0.1, 0.15) is 11.2 Å². The van der Waals surface area contributed by atoms with Gasteiger partial charge in [-0.3, -0.25) is 0 Å². The van der Waals surface area contributed by atoms with Gasteiger partial charge in [0.2, 0.25) is 0 Å². The normalized spacial score (nSPS) is 12.0. The fraction of sp³-hybridized carbons (Fsp3) is 0.0811. The summed E-state index contributed by atoms with van der Waals surface area (Å²) in [6, 6.07) is 46.3. The first-order chi connectivity index (χ1) is 18.9. The van der Waals surface area contributed by atoms with Crippen LogP contribution in [0.4, 0.5) is 0 Å². The summed E-state index contributed by atoms with van der Waals surface area (Å²) >= 11 is 0. The predicted octanol–water partition coefficient (Wildman–Crippen LogP) is 10.3. The topological polar surface area (TPSA) is 13.1 Å². The lowest BCUT2D eigenvalue weighted by Gasteiger charge is -2.17. The maximum atomic E-state index is 6.01. The highest BCUT2D eigenvalue weighted by molar-refractivity contribution is 6.88. The van der Waals surface area contributed by atoms with Gasteiger partial charge in [-0.1, -0.05) is 122 Å². The van der Waals surface area contributed by atoms with Crippen LogP contribution in [0.2, 0.25) is 19.6 Å². The van der Waals surface area contributed by atoms with Crippen LogP contribution in [0.3, 0.4) is 0 Å². The Balaban J connectivity index is 1.17. The zero-order valence-electron chi connectivity index (χ0n) is 22.5. The van der Waals surface area contributed by atoms with Crippen LogP contribution in [0.1, 0.15) is 0 Å². The number of furan rings is 1. The van der Waals surface area contributed by atoms with Crippen LogP contribution in [-0.2, 0) is 0 Å². The fourth-order valence-corrected chi connectivity index (χ4v) is 6.69. The van der Waals surface area contributed by atoms with Gasteiger partial charge in [0, 0.05) is 10.8 Å². The molecule has 0 N–H and O–H groups in total. The van der Waals surface area contributed by atoms with E-state index >= 15 is 0 Å². The Hall–Kier alpha value is -4.40. The van der Waals surface area contributed by atoms with Gasteiger partial charge in [0.15, 0.2) is 0 Å². The maximum absolute atomic E-state index is 6.01. The van der Waals surface area contributed by atoms with Crippen molar-refractivity contribution in [3.8, 4) is 33.4 Å². The van der Waals surface area contributed by atoms with Gasteiger partial charge in [0.25, 0.3) is 0 Å². The molecule has 0 spiro atoms. The van der Waals surface area contributed by atoms with E-state index in [2.05, 4.69) is 135 Å². The van der Waals surface area contributed by atoms with E-state index < -0.39 is 8.07 Å². The third-order valence-corrected chi connectivity index (χ3v) is 9.92. The van der Waals surface area contributed by atoms with Crippen molar-refractivity contribution in [2.24, 2.45) is 0 Å². The molecule has 7 aromatic rings. The van der Waals surface area contributed by atoms with Crippen molar-refractivity contribution in [2.45, 2.75) is 19.6 Å². The van der Waals surface area contributed by atoms with E-state index in [1.54, 1.807) is 0 Å². The van der Waals surface area contributed by atoms with Crippen LogP contribution in [-0.4, -0.2) is 8.07 Å². The zero-order valence-corrected chi connectivity index (χ0v) is 23.5. The molecule has 0 radical (unpaired) electrons. The van der Waals surface area contributed by atoms with Gasteiger partial charge in [-0.25, -0.2) is 0 Å². The van der Waals surface area contributed by atoms with Gasteiger partial charge in [-0.05, 0) is 74.5 Å². The molecule has 0 fully saturated rings. The standard InChI is InChI=1S/C37H30OSi/c1-39(2,3)33-19-16-27(17-20-33)29-13-15-30-22-28(12-14-31(30)23-29)25-8-10-26(11-9-25)32-18-21-37-35(24-32)34-6-4-5-7-36(34)38-37/h4-24H,1-3H3. The number of hydrogen-bond acceptors (Lipinski definition) is 1. The maximum Gasteiger partial charge on any atom is 0.135 e. The summed E-state index contributed by atoms with van der Waals surface area (Å²) in [6.45, 7) is 7.18. The van der Waals surface area contributed by atoms with Crippen LogP contribution in [0.15, 0.2) is 132 Å². The molecule has 188 valence electrons. The van der Waals surface area contributed by atoms with Gasteiger partial charge in [0.05, 0.1) is 8.07 Å². The van der Waals surface area contributed by atoms with Gasteiger partial charge < -0.3 is 4.42 Å². The molecule has 0 aliphatic rings. The van der Waals surface area contributed by atoms with Crippen molar-refractivity contribution in [3.05, 3.63) is 127 Å². The van der Waals surface area contributed by atoms with E-state index in [1.807, 2.05) is 12.1 Å². The molecule has 7 rings (SSSR count). The van der Waals surface area contributed by atoms with Gasteiger partial charge >= 0.3 is 0 Å². The number of hydrogen-bond donors (Lipinski definition) is 0. The lowest BCUT2D eigenvalue weighted by atomic mass is 9.96. The molecule has 6 aromatic carbocycles. The van der Waals surface area contributed by atoms with Crippen LogP contribution < -0.4 is 5.19 Å². The Kier molecular flexibility index (Phi) is 5.54. The van der Waals surface area contributed by atoms with E-state index in [0.717, 1.165) is 21.9 Å². The molecule has 0 aliphatic carbocycles. The Morgan fingerprint density at radius 2 is 0.872 bits per heavy atom. The average molecular weight is 519 g/mol. The van der Waals surface area contributed by atoms with E-state index in [-0.39, 0.29) is 0 Å². The van der Waals surface area contributed by atoms with E-state index in [4.69, 9.17) is 4.42 Å². The smallest absolute Gasteiger partial charge is 0.135 e. The van der Waals surface area contributed by atoms with Crippen molar-refractivity contribution >= 4 is 46.0 Å². The summed E-state index contributed by atoms with van der Waals surface area (Å²) in [5, 5.41) is 6.35. The fourth-order valence-electron chi connectivity index (χ4n) is 5.53. The lowest BCUT2D eigenvalue weighted by Crippen LogP contribution is -2.37. The van der Waals surface area contributed by atoms with E-state index in [1.165, 1.54) is 49.3 Å². The van der Waals surface area contributed by atoms with Gasteiger partial charge in [-0.2, -0.15) is 0 Å². The molecule has 0 aliphatic heterocycles. The summed E-state index contributed by atoms with van der Waals surface area (Å²) in [6.07, 6.45) is 0.